The molecule has 15 heavy (non-hydrogen) atoms. The van der Waals surface area contributed by atoms with E-state index in [0.717, 1.165) is 0 Å². The second kappa shape index (κ2) is 5.09. The van der Waals surface area contributed by atoms with Crippen LogP contribution in [0, 0.1) is 5.82 Å². The molecule has 1 rings (SSSR count). The zero-order valence-electron chi connectivity index (χ0n) is 7.84. The van der Waals surface area contributed by atoms with Gasteiger partial charge in [-0.25, -0.2) is 4.39 Å². The van der Waals surface area contributed by atoms with Crippen LogP contribution in [0.3, 0.4) is 0 Å². The van der Waals surface area contributed by atoms with Crippen molar-refractivity contribution in [3.05, 3.63) is 28.5 Å². The molecule has 0 spiro atoms. The molecule has 0 aliphatic rings. The van der Waals surface area contributed by atoms with Gasteiger partial charge in [0.25, 0.3) is 0 Å². The smallest absolute Gasteiger partial charge is 0.236 e. The molecule has 1 atom stereocenters. The largest absolute Gasteiger partial charge is 0.383 e. The molecule has 0 saturated carbocycles. The summed E-state index contributed by atoms with van der Waals surface area (Å²) in [5, 5.41) is 2.87. The molecule has 6 heteroatoms. The summed E-state index contributed by atoms with van der Waals surface area (Å²) in [5.41, 5.74) is 11.1. The van der Waals surface area contributed by atoms with Crippen LogP contribution in [0.4, 0.5) is 10.1 Å². The van der Waals surface area contributed by atoms with Gasteiger partial charge in [0.15, 0.2) is 0 Å². The Morgan fingerprint density at radius 1 is 1.60 bits per heavy atom. The van der Waals surface area contributed by atoms with E-state index in [4.69, 9.17) is 11.5 Å². The fourth-order valence-corrected chi connectivity index (χ4v) is 1.31. The topological polar surface area (TPSA) is 81.1 Å². The van der Waals surface area contributed by atoms with Crippen molar-refractivity contribution in [1.82, 2.24) is 0 Å². The van der Waals surface area contributed by atoms with E-state index >= 15 is 0 Å². The molecule has 1 amide bonds. The van der Waals surface area contributed by atoms with Crippen LogP contribution in [-0.4, -0.2) is 18.5 Å². The summed E-state index contributed by atoms with van der Waals surface area (Å²) in [6.45, 7) is 0.216. The minimum absolute atomic E-state index is 0.216. The van der Waals surface area contributed by atoms with Gasteiger partial charge < -0.3 is 16.8 Å². The Morgan fingerprint density at radius 3 is 2.80 bits per heavy atom. The van der Waals surface area contributed by atoms with Crippen LogP contribution in [0.15, 0.2) is 22.7 Å². The van der Waals surface area contributed by atoms with Crippen molar-refractivity contribution in [2.24, 2.45) is 11.5 Å². The highest BCUT2D eigenvalue weighted by atomic mass is 79.9. The maximum absolute atomic E-state index is 12.9. The van der Waals surface area contributed by atoms with E-state index in [2.05, 4.69) is 21.2 Å². The maximum atomic E-state index is 12.9. The van der Waals surface area contributed by atoms with E-state index < -0.39 is 11.9 Å². The van der Waals surface area contributed by atoms with Gasteiger partial charge in [0.05, 0.1) is 4.47 Å². The zero-order valence-corrected chi connectivity index (χ0v) is 9.42. The Labute approximate surface area is 95.0 Å². The molecule has 0 fully saturated rings. The number of hydrogen-bond donors (Lipinski definition) is 3. The Balaban J connectivity index is 2.58. The number of nitrogens with one attached hydrogen (secondary N) is 1. The molecule has 0 heterocycles. The summed E-state index contributed by atoms with van der Waals surface area (Å²) >= 11 is 3.04. The second-order valence-electron chi connectivity index (χ2n) is 3.02. The lowest BCUT2D eigenvalue weighted by atomic mass is 10.2. The standard InChI is InChI=1S/C9H11BrFN3O/c10-6-3-5(1-2-7(6)11)14-4-8(12)9(13)15/h1-3,8,14H,4,12H2,(H2,13,15). The van der Waals surface area contributed by atoms with E-state index in [9.17, 15) is 9.18 Å². The third-order valence-electron chi connectivity index (χ3n) is 1.81. The van der Waals surface area contributed by atoms with Gasteiger partial charge in [-0.3, -0.25) is 4.79 Å². The minimum Gasteiger partial charge on any atom is -0.383 e. The van der Waals surface area contributed by atoms with Crippen LogP contribution in [0.2, 0.25) is 0 Å². The van der Waals surface area contributed by atoms with E-state index in [1.165, 1.54) is 6.07 Å². The van der Waals surface area contributed by atoms with E-state index in [0.29, 0.717) is 10.2 Å². The first-order valence-corrected chi connectivity index (χ1v) is 5.04. The van der Waals surface area contributed by atoms with Gasteiger partial charge in [-0.05, 0) is 34.1 Å². The molecule has 1 aromatic rings. The van der Waals surface area contributed by atoms with Crippen LogP contribution in [0.5, 0.6) is 0 Å². The molecule has 0 radical (unpaired) electrons. The van der Waals surface area contributed by atoms with Gasteiger partial charge in [0.2, 0.25) is 5.91 Å². The number of benzene rings is 1. The fourth-order valence-electron chi connectivity index (χ4n) is 0.934. The molecule has 0 aliphatic carbocycles. The molecule has 1 aromatic carbocycles. The highest BCUT2D eigenvalue weighted by Crippen LogP contribution is 2.19. The summed E-state index contributed by atoms with van der Waals surface area (Å²) in [6.07, 6.45) is 0. The molecule has 0 aromatic heterocycles. The number of hydrogen-bond acceptors (Lipinski definition) is 3. The SMILES string of the molecule is NC(=O)C(N)CNc1ccc(F)c(Br)c1. The molecule has 0 aliphatic heterocycles. The van der Waals surface area contributed by atoms with Crippen molar-refractivity contribution >= 4 is 27.5 Å². The normalized spacial score (nSPS) is 12.2. The lowest BCUT2D eigenvalue weighted by Crippen LogP contribution is -2.41. The van der Waals surface area contributed by atoms with Gasteiger partial charge in [-0.15, -0.1) is 0 Å². The average molecular weight is 276 g/mol. The summed E-state index contributed by atoms with van der Waals surface area (Å²) < 4.78 is 13.2. The Morgan fingerprint density at radius 2 is 2.27 bits per heavy atom. The van der Waals surface area contributed by atoms with Crippen LogP contribution >= 0.6 is 15.9 Å². The molecule has 82 valence electrons. The van der Waals surface area contributed by atoms with Crippen LogP contribution in [0.1, 0.15) is 0 Å². The molecular weight excluding hydrogens is 265 g/mol. The number of nitrogens with two attached hydrogens (primary N) is 2. The van der Waals surface area contributed by atoms with Gasteiger partial charge in [0, 0.05) is 12.2 Å². The number of carbonyl (C=O) groups is 1. The Bertz CT molecular complexity index is 372. The van der Waals surface area contributed by atoms with Crippen molar-refractivity contribution in [1.29, 1.82) is 0 Å². The predicted octanol–water partition coefficient (Wildman–Crippen LogP) is 0.813. The Kier molecular flexibility index (Phi) is 4.05. The minimum atomic E-state index is -0.756. The maximum Gasteiger partial charge on any atom is 0.236 e. The lowest BCUT2D eigenvalue weighted by molar-refractivity contribution is -0.118. The third-order valence-corrected chi connectivity index (χ3v) is 2.42. The van der Waals surface area contributed by atoms with Crippen molar-refractivity contribution in [2.75, 3.05) is 11.9 Å². The first-order chi connectivity index (χ1) is 7.00. The molecule has 5 N–H and O–H groups in total. The molecule has 1 unspecified atom stereocenters. The van der Waals surface area contributed by atoms with Crippen molar-refractivity contribution in [2.45, 2.75) is 6.04 Å². The van der Waals surface area contributed by atoms with Crippen molar-refractivity contribution in [3.8, 4) is 0 Å². The number of carbonyl (C=O) groups excluding carboxylic acids is 1. The first kappa shape index (κ1) is 11.9. The highest BCUT2D eigenvalue weighted by Gasteiger charge is 2.08. The molecule has 4 nitrogen and oxygen atoms in total. The number of halogens is 2. The lowest BCUT2D eigenvalue weighted by Gasteiger charge is -2.10. The van der Waals surface area contributed by atoms with Crippen LogP contribution < -0.4 is 16.8 Å². The average Bonchev–Trinajstić information content (AvgIpc) is 2.19. The third kappa shape index (κ3) is 3.49. The van der Waals surface area contributed by atoms with Crippen molar-refractivity contribution < 1.29 is 9.18 Å². The van der Waals surface area contributed by atoms with Gasteiger partial charge >= 0.3 is 0 Å². The summed E-state index contributed by atoms with van der Waals surface area (Å²) in [7, 11) is 0. The van der Waals surface area contributed by atoms with Gasteiger partial charge in [-0.2, -0.15) is 0 Å². The fraction of sp³-hybridized carbons (Fsp3) is 0.222. The number of primary amides is 1. The quantitative estimate of drug-likeness (QED) is 0.761. The summed E-state index contributed by atoms with van der Waals surface area (Å²) in [6, 6.07) is 3.66. The van der Waals surface area contributed by atoms with E-state index in [1.807, 2.05) is 0 Å². The van der Waals surface area contributed by atoms with E-state index in [1.54, 1.807) is 12.1 Å². The Hall–Kier alpha value is -1.14. The highest BCUT2D eigenvalue weighted by molar-refractivity contribution is 9.10. The number of anilines is 1. The first-order valence-electron chi connectivity index (χ1n) is 4.24. The van der Waals surface area contributed by atoms with Crippen molar-refractivity contribution in [3.63, 3.8) is 0 Å². The second-order valence-corrected chi connectivity index (χ2v) is 3.87. The van der Waals surface area contributed by atoms with Gasteiger partial charge in [-0.1, -0.05) is 0 Å². The summed E-state index contributed by atoms with van der Waals surface area (Å²) in [4.78, 5) is 10.6. The predicted molar refractivity (Wildman–Crippen MR) is 59.8 cm³/mol. The van der Waals surface area contributed by atoms with E-state index in [-0.39, 0.29) is 12.4 Å². The zero-order chi connectivity index (χ0) is 11.4. The van der Waals surface area contributed by atoms with Crippen LogP contribution in [0.25, 0.3) is 0 Å². The number of amides is 1. The monoisotopic (exact) mass is 275 g/mol. The molecule has 0 saturated heterocycles. The molecule has 0 bridgehead atoms. The summed E-state index contributed by atoms with van der Waals surface area (Å²) in [5.74, 6) is -0.927. The van der Waals surface area contributed by atoms with Gasteiger partial charge in [0.1, 0.15) is 11.9 Å². The number of rotatable bonds is 4. The van der Waals surface area contributed by atoms with Crippen LogP contribution in [-0.2, 0) is 4.79 Å². The molecular formula is C9H11BrFN3O.